The van der Waals surface area contributed by atoms with Crippen LogP contribution in [0.25, 0.3) is 0 Å². The molecule has 1 N–H and O–H groups in total. The molecule has 0 radical (unpaired) electrons. The molecule has 1 aromatic heterocycles. The van der Waals surface area contributed by atoms with Crippen molar-refractivity contribution in [3.63, 3.8) is 0 Å². The largest absolute Gasteiger partial charge is 0.374 e. The lowest BCUT2D eigenvalue weighted by molar-refractivity contribution is 0.0211. The van der Waals surface area contributed by atoms with Crippen molar-refractivity contribution < 1.29 is 4.74 Å². The Morgan fingerprint density at radius 1 is 1.62 bits per heavy atom. The van der Waals surface area contributed by atoms with Crippen molar-refractivity contribution in [2.24, 2.45) is 7.05 Å². The van der Waals surface area contributed by atoms with Crippen LogP contribution in [0.5, 0.6) is 0 Å². The summed E-state index contributed by atoms with van der Waals surface area (Å²) >= 11 is 0. The molecule has 0 aliphatic carbocycles. The van der Waals surface area contributed by atoms with Crippen LogP contribution in [0.4, 0.5) is 0 Å². The summed E-state index contributed by atoms with van der Waals surface area (Å²) in [4.78, 5) is 0. The molecule has 1 unspecified atom stereocenters. The van der Waals surface area contributed by atoms with Gasteiger partial charge in [0, 0.05) is 45.1 Å². The third kappa shape index (κ3) is 2.83. The van der Waals surface area contributed by atoms with E-state index in [0.717, 1.165) is 26.1 Å². The molecule has 1 aromatic rings. The Labute approximate surface area is 97.0 Å². The van der Waals surface area contributed by atoms with E-state index in [4.69, 9.17) is 4.74 Å². The summed E-state index contributed by atoms with van der Waals surface area (Å²) in [5.41, 5.74) is 1.33. The van der Waals surface area contributed by atoms with Crippen LogP contribution in [-0.2, 0) is 18.2 Å². The zero-order chi connectivity index (χ0) is 11.4. The van der Waals surface area contributed by atoms with Gasteiger partial charge >= 0.3 is 0 Å². The SMILES string of the molecule is Cn1nccc1CCNCC1(C)CCCO1. The number of nitrogens with zero attached hydrogens (tertiary/aromatic N) is 2. The second kappa shape index (κ2) is 4.97. The Bertz CT molecular complexity index is 329. The van der Waals surface area contributed by atoms with Crippen LogP contribution in [0, 0.1) is 0 Å². The lowest BCUT2D eigenvalue weighted by Crippen LogP contribution is -2.38. The summed E-state index contributed by atoms with van der Waals surface area (Å²) in [7, 11) is 1.98. The normalized spacial score (nSPS) is 25.1. The molecular formula is C12H21N3O. The molecule has 1 saturated heterocycles. The third-order valence-corrected chi connectivity index (χ3v) is 3.28. The van der Waals surface area contributed by atoms with Crippen LogP contribution in [0.1, 0.15) is 25.5 Å². The number of ether oxygens (including phenoxy) is 1. The fourth-order valence-electron chi connectivity index (χ4n) is 2.19. The molecule has 0 aromatic carbocycles. The number of hydrogen-bond acceptors (Lipinski definition) is 3. The Kier molecular flexibility index (Phi) is 3.61. The van der Waals surface area contributed by atoms with E-state index in [1.807, 2.05) is 17.9 Å². The fourth-order valence-corrected chi connectivity index (χ4v) is 2.19. The predicted molar refractivity (Wildman–Crippen MR) is 63.4 cm³/mol. The zero-order valence-corrected chi connectivity index (χ0v) is 10.2. The van der Waals surface area contributed by atoms with Crippen molar-refractivity contribution in [3.8, 4) is 0 Å². The van der Waals surface area contributed by atoms with Gasteiger partial charge in [0.25, 0.3) is 0 Å². The van der Waals surface area contributed by atoms with Gasteiger partial charge in [-0.2, -0.15) is 5.10 Å². The molecule has 1 atom stereocenters. The van der Waals surface area contributed by atoms with Gasteiger partial charge in [-0.1, -0.05) is 0 Å². The summed E-state index contributed by atoms with van der Waals surface area (Å²) in [5.74, 6) is 0. The van der Waals surface area contributed by atoms with Gasteiger partial charge in [-0.15, -0.1) is 0 Å². The van der Waals surface area contributed by atoms with Crippen molar-refractivity contribution in [2.75, 3.05) is 19.7 Å². The number of aromatic nitrogens is 2. The highest BCUT2D eigenvalue weighted by Crippen LogP contribution is 2.23. The molecule has 0 amide bonds. The summed E-state index contributed by atoms with van der Waals surface area (Å²) < 4.78 is 7.65. The van der Waals surface area contributed by atoms with Crippen LogP contribution < -0.4 is 5.32 Å². The Balaban J connectivity index is 1.67. The molecule has 0 spiro atoms. The average Bonchev–Trinajstić information content (AvgIpc) is 2.84. The number of rotatable bonds is 5. The van der Waals surface area contributed by atoms with Crippen molar-refractivity contribution in [2.45, 2.75) is 31.8 Å². The minimum Gasteiger partial charge on any atom is -0.374 e. The molecule has 16 heavy (non-hydrogen) atoms. The highest BCUT2D eigenvalue weighted by molar-refractivity contribution is 5.00. The molecule has 4 heteroatoms. The molecule has 0 bridgehead atoms. The van der Waals surface area contributed by atoms with Gasteiger partial charge < -0.3 is 10.1 Å². The maximum atomic E-state index is 5.72. The van der Waals surface area contributed by atoms with Gasteiger partial charge in [0.1, 0.15) is 0 Å². The molecule has 1 aliphatic heterocycles. The Morgan fingerprint density at radius 3 is 3.12 bits per heavy atom. The van der Waals surface area contributed by atoms with Gasteiger partial charge in [0.05, 0.1) is 5.60 Å². The lowest BCUT2D eigenvalue weighted by atomic mass is 10.0. The molecule has 90 valence electrons. The predicted octanol–water partition coefficient (Wildman–Crippen LogP) is 1.12. The fraction of sp³-hybridized carbons (Fsp3) is 0.750. The second-order valence-electron chi connectivity index (χ2n) is 4.77. The van der Waals surface area contributed by atoms with E-state index in [2.05, 4.69) is 23.4 Å². The molecule has 4 nitrogen and oxygen atoms in total. The monoisotopic (exact) mass is 223 g/mol. The average molecular weight is 223 g/mol. The zero-order valence-electron chi connectivity index (χ0n) is 10.2. The smallest absolute Gasteiger partial charge is 0.0779 e. The minimum absolute atomic E-state index is 0.0620. The van der Waals surface area contributed by atoms with Crippen molar-refractivity contribution in [1.29, 1.82) is 0 Å². The van der Waals surface area contributed by atoms with E-state index in [1.54, 1.807) is 0 Å². The van der Waals surface area contributed by atoms with E-state index < -0.39 is 0 Å². The van der Waals surface area contributed by atoms with Gasteiger partial charge in [0.15, 0.2) is 0 Å². The van der Waals surface area contributed by atoms with Crippen molar-refractivity contribution >= 4 is 0 Å². The van der Waals surface area contributed by atoms with Crippen LogP contribution in [0.3, 0.4) is 0 Å². The van der Waals surface area contributed by atoms with E-state index in [-0.39, 0.29) is 5.60 Å². The van der Waals surface area contributed by atoms with Crippen LogP contribution in [0.15, 0.2) is 12.3 Å². The quantitative estimate of drug-likeness (QED) is 0.760. The number of hydrogen-bond donors (Lipinski definition) is 1. The van der Waals surface area contributed by atoms with E-state index >= 15 is 0 Å². The first-order valence-corrected chi connectivity index (χ1v) is 6.01. The number of nitrogens with one attached hydrogen (secondary N) is 1. The highest BCUT2D eigenvalue weighted by Gasteiger charge is 2.28. The third-order valence-electron chi connectivity index (χ3n) is 3.28. The maximum absolute atomic E-state index is 5.72. The minimum atomic E-state index is 0.0620. The molecule has 1 aliphatic rings. The Morgan fingerprint density at radius 2 is 2.50 bits per heavy atom. The molecule has 0 saturated carbocycles. The summed E-state index contributed by atoms with van der Waals surface area (Å²) in [6.45, 7) is 5.04. The van der Waals surface area contributed by atoms with E-state index in [0.29, 0.717) is 0 Å². The molecule has 1 fully saturated rings. The van der Waals surface area contributed by atoms with Crippen LogP contribution in [-0.4, -0.2) is 35.1 Å². The topological polar surface area (TPSA) is 39.1 Å². The summed E-state index contributed by atoms with van der Waals surface area (Å²) in [6.07, 6.45) is 5.23. The lowest BCUT2D eigenvalue weighted by Gasteiger charge is -2.23. The Hall–Kier alpha value is -0.870. The first-order chi connectivity index (χ1) is 7.70. The van der Waals surface area contributed by atoms with Crippen molar-refractivity contribution in [1.82, 2.24) is 15.1 Å². The highest BCUT2D eigenvalue weighted by atomic mass is 16.5. The van der Waals surface area contributed by atoms with Crippen LogP contribution >= 0.6 is 0 Å². The second-order valence-corrected chi connectivity index (χ2v) is 4.77. The van der Waals surface area contributed by atoms with Gasteiger partial charge in [-0.3, -0.25) is 4.68 Å². The standard InChI is InChI=1S/C12H21N3O/c1-12(6-3-9-16-12)10-13-7-4-11-5-8-14-15(11)2/h5,8,13H,3-4,6-7,9-10H2,1-2H3. The van der Waals surface area contributed by atoms with Crippen LogP contribution in [0.2, 0.25) is 0 Å². The molecule has 2 rings (SSSR count). The van der Waals surface area contributed by atoms with Gasteiger partial charge in [0.2, 0.25) is 0 Å². The number of aryl methyl sites for hydroxylation is 1. The van der Waals surface area contributed by atoms with Crippen molar-refractivity contribution in [3.05, 3.63) is 18.0 Å². The molecule has 2 heterocycles. The molecular weight excluding hydrogens is 202 g/mol. The maximum Gasteiger partial charge on any atom is 0.0779 e. The first-order valence-electron chi connectivity index (χ1n) is 6.01. The van der Waals surface area contributed by atoms with E-state index in [1.165, 1.54) is 18.5 Å². The van der Waals surface area contributed by atoms with E-state index in [9.17, 15) is 0 Å². The first kappa shape index (κ1) is 11.6. The van der Waals surface area contributed by atoms with Gasteiger partial charge in [-0.25, -0.2) is 0 Å². The summed E-state index contributed by atoms with van der Waals surface area (Å²) in [5, 5.41) is 7.62. The summed E-state index contributed by atoms with van der Waals surface area (Å²) in [6, 6.07) is 2.06. The van der Waals surface area contributed by atoms with Gasteiger partial charge in [-0.05, 0) is 25.8 Å².